The molecule has 7 heteroatoms. The third kappa shape index (κ3) is 3.90. The number of hydrogen-bond donors (Lipinski definition) is 1. The molecule has 0 aliphatic carbocycles. The number of aromatic nitrogens is 3. The Labute approximate surface area is 141 Å². The smallest absolute Gasteiger partial charge is 0.317 e. The van der Waals surface area contributed by atoms with Crippen molar-refractivity contribution < 1.29 is 9.32 Å². The van der Waals surface area contributed by atoms with E-state index in [9.17, 15) is 4.79 Å². The van der Waals surface area contributed by atoms with Gasteiger partial charge < -0.3 is 14.7 Å². The normalized spacial score (nSPS) is 15.5. The van der Waals surface area contributed by atoms with Gasteiger partial charge in [0.25, 0.3) is 0 Å². The first-order valence-corrected chi connectivity index (χ1v) is 8.45. The largest absolute Gasteiger partial charge is 0.339 e. The minimum Gasteiger partial charge on any atom is -0.339 e. The van der Waals surface area contributed by atoms with Crippen LogP contribution in [0.4, 0.5) is 4.79 Å². The van der Waals surface area contributed by atoms with Gasteiger partial charge in [0.15, 0.2) is 0 Å². The fourth-order valence-electron chi connectivity index (χ4n) is 2.96. The summed E-state index contributed by atoms with van der Waals surface area (Å²) in [4.78, 5) is 22.6. The number of carbonyl (C=O) groups is 1. The second kappa shape index (κ2) is 7.42. The molecule has 2 aromatic rings. The first-order chi connectivity index (χ1) is 11.7. The highest BCUT2D eigenvalue weighted by Gasteiger charge is 2.24. The molecule has 0 saturated carbocycles. The zero-order valence-electron chi connectivity index (χ0n) is 14.2. The van der Waals surface area contributed by atoms with Crippen molar-refractivity contribution in [2.45, 2.75) is 33.1 Å². The molecular formula is C17H23N5O2. The molecule has 2 amide bonds. The van der Waals surface area contributed by atoms with Crippen LogP contribution in [0.5, 0.6) is 0 Å². The Bertz CT molecular complexity index is 692. The van der Waals surface area contributed by atoms with Crippen molar-refractivity contribution in [2.75, 3.05) is 19.6 Å². The van der Waals surface area contributed by atoms with E-state index in [0.29, 0.717) is 24.2 Å². The average molecular weight is 329 g/mol. The molecule has 0 spiro atoms. The predicted molar refractivity (Wildman–Crippen MR) is 89.3 cm³/mol. The molecule has 2 aromatic heterocycles. The second-order valence-corrected chi connectivity index (χ2v) is 6.15. The third-order valence-corrected chi connectivity index (χ3v) is 4.28. The second-order valence-electron chi connectivity index (χ2n) is 6.15. The molecule has 0 atom stereocenters. The summed E-state index contributed by atoms with van der Waals surface area (Å²) in [5.41, 5.74) is 1.66. The molecule has 1 aliphatic rings. The zero-order valence-corrected chi connectivity index (χ0v) is 14.2. The fraction of sp³-hybridized carbons (Fsp3) is 0.529. The highest BCUT2D eigenvalue weighted by molar-refractivity contribution is 5.74. The number of carbonyl (C=O) groups excluding carboxylic acids is 1. The van der Waals surface area contributed by atoms with E-state index in [1.807, 2.05) is 36.9 Å². The summed E-state index contributed by atoms with van der Waals surface area (Å²) in [6.45, 7) is 6.08. The Kier molecular flexibility index (Phi) is 5.08. The highest BCUT2D eigenvalue weighted by atomic mass is 16.5. The van der Waals surface area contributed by atoms with Crippen LogP contribution in [0.3, 0.4) is 0 Å². The molecule has 0 bridgehead atoms. The van der Waals surface area contributed by atoms with E-state index in [-0.39, 0.29) is 6.03 Å². The fourth-order valence-corrected chi connectivity index (χ4v) is 2.96. The summed E-state index contributed by atoms with van der Waals surface area (Å²) in [6.07, 6.45) is 2.66. The maximum Gasteiger partial charge on any atom is 0.317 e. The number of piperidine rings is 1. The summed E-state index contributed by atoms with van der Waals surface area (Å²) in [5.74, 6) is 1.65. The van der Waals surface area contributed by atoms with Gasteiger partial charge in [-0.1, -0.05) is 11.2 Å². The molecule has 7 nitrogen and oxygen atoms in total. The Hall–Kier alpha value is -2.44. The van der Waals surface area contributed by atoms with E-state index in [4.69, 9.17) is 4.52 Å². The lowest BCUT2D eigenvalue weighted by molar-refractivity contribution is 0.168. The predicted octanol–water partition coefficient (Wildman–Crippen LogP) is 2.42. The van der Waals surface area contributed by atoms with Gasteiger partial charge in [-0.2, -0.15) is 4.98 Å². The molecule has 24 heavy (non-hydrogen) atoms. The van der Waals surface area contributed by atoms with Gasteiger partial charge in [-0.25, -0.2) is 9.78 Å². The third-order valence-electron chi connectivity index (χ3n) is 4.28. The Balaban J connectivity index is 1.56. The molecule has 3 heterocycles. The zero-order chi connectivity index (χ0) is 16.9. The van der Waals surface area contributed by atoms with Crippen molar-refractivity contribution in [3.8, 4) is 11.5 Å². The number of rotatable bonds is 4. The maximum absolute atomic E-state index is 11.8. The molecule has 1 saturated heterocycles. The van der Waals surface area contributed by atoms with Crippen LogP contribution in [0, 0.1) is 12.8 Å². The summed E-state index contributed by atoms with van der Waals surface area (Å²) >= 11 is 0. The van der Waals surface area contributed by atoms with Crippen LogP contribution in [0.25, 0.3) is 11.5 Å². The topological polar surface area (TPSA) is 84.2 Å². The Morgan fingerprint density at radius 1 is 1.33 bits per heavy atom. The van der Waals surface area contributed by atoms with E-state index >= 15 is 0 Å². The lowest BCUT2D eigenvalue weighted by atomic mass is 9.94. The van der Waals surface area contributed by atoms with Crippen LogP contribution in [0.1, 0.15) is 31.4 Å². The molecule has 0 radical (unpaired) electrons. The lowest BCUT2D eigenvalue weighted by Crippen LogP contribution is -2.44. The summed E-state index contributed by atoms with van der Waals surface area (Å²) in [5, 5.41) is 6.88. The molecular weight excluding hydrogens is 306 g/mol. The maximum atomic E-state index is 11.8. The monoisotopic (exact) mass is 329 g/mol. The van der Waals surface area contributed by atoms with Crippen molar-refractivity contribution in [3.63, 3.8) is 0 Å². The van der Waals surface area contributed by atoms with Crippen LogP contribution in [0.2, 0.25) is 0 Å². The van der Waals surface area contributed by atoms with Crippen molar-refractivity contribution >= 4 is 6.03 Å². The van der Waals surface area contributed by atoms with Crippen LogP contribution >= 0.6 is 0 Å². The molecule has 1 N–H and O–H groups in total. The first-order valence-electron chi connectivity index (χ1n) is 8.45. The van der Waals surface area contributed by atoms with Gasteiger partial charge >= 0.3 is 6.03 Å². The van der Waals surface area contributed by atoms with E-state index < -0.39 is 0 Å². The van der Waals surface area contributed by atoms with Gasteiger partial charge in [-0.15, -0.1) is 0 Å². The average Bonchev–Trinajstić information content (AvgIpc) is 3.04. The van der Waals surface area contributed by atoms with Crippen molar-refractivity contribution in [3.05, 3.63) is 29.8 Å². The van der Waals surface area contributed by atoms with Crippen LogP contribution < -0.4 is 5.32 Å². The summed E-state index contributed by atoms with van der Waals surface area (Å²) in [6, 6.07) is 5.78. The number of amides is 2. The Morgan fingerprint density at radius 3 is 2.83 bits per heavy atom. The first kappa shape index (κ1) is 16.4. The Morgan fingerprint density at radius 2 is 2.12 bits per heavy atom. The van der Waals surface area contributed by atoms with Gasteiger partial charge in [0.1, 0.15) is 5.69 Å². The number of nitrogens with one attached hydrogen (secondary N) is 1. The van der Waals surface area contributed by atoms with E-state index in [0.717, 1.165) is 43.7 Å². The lowest BCUT2D eigenvalue weighted by Gasteiger charge is -2.31. The van der Waals surface area contributed by atoms with Gasteiger partial charge in [0.2, 0.25) is 11.7 Å². The summed E-state index contributed by atoms with van der Waals surface area (Å²) < 4.78 is 5.38. The van der Waals surface area contributed by atoms with Crippen molar-refractivity contribution in [2.24, 2.45) is 5.92 Å². The number of urea groups is 1. The van der Waals surface area contributed by atoms with E-state index in [1.165, 1.54) is 0 Å². The number of nitrogens with zero attached hydrogens (tertiary/aromatic N) is 4. The molecule has 1 aliphatic heterocycles. The van der Waals surface area contributed by atoms with Gasteiger partial charge in [0.05, 0.1) is 0 Å². The van der Waals surface area contributed by atoms with E-state index in [2.05, 4.69) is 20.4 Å². The molecule has 0 unspecified atom stereocenters. The number of hydrogen-bond acceptors (Lipinski definition) is 5. The molecule has 128 valence electrons. The van der Waals surface area contributed by atoms with Crippen molar-refractivity contribution in [1.82, 2.24) is 25.3 Å². The highest BCUT2D eigenvalue weighted by Crippen LogP contribution is 2.22. The number of aryl methyl sites for hydroxylation is 1. The minimum atomic E-state index is 0.0292. The van der Waals surface area contributed by atoms with Gasteiger partial charge in [-0.05, 0) is 44.7 Å². The summed E-state index contributed by atoms with van der Waals surface area (Å²) in [7, 11) is 0. The van der Waals surface area contributed by atoms with Crippen LogP contribution in [-0.4, -0.2) is 45.7 Å². The molecule has 1 fully saturated rings. The molecule has 3 rings (SSSR count). The number of pyridine rings is 1. The minimum absolute atomic E-state index is 0.0292. The molecule has 0 aromatic carbocycles. The SMILES string of the molecule is CCNC(=O)N1CCC(Cc2nc(-c3cccc(C)n3)no2)CC1. The van der Waals surface area contributed by atoms with Crippen LogP contribution in [0.15, 0.2) is 22.7 Å². The van der Waals surface area contributed by atoms with Gasteiger partial charge in [-0.3, -0.25) is 0 Å². The van der Waals surface area contributed by atoms with E-state index in [1.54, 1.807) is 0 Å². The van der Waals surface area contributed by atoms with Crippen LogP contribution in [-0.2, 0) is 6.42 Å². The quantitative estimate of drug-likeness (QED) is 0.931. The standard InChI is InChI=1S/C17H23N5O2/c1-3-18-17(23)22-9-7-13(8-10-22)11-15-20-16(21-24-15)14-6-4-5-12(2)19-14/h4-6,13H,3,7-11H2,1-2H3,(H,18,23). The van der Waals surface area contributed by atoms with Crippen molar-refractivity contribution in [1.29, 1.82) is 0 Å². The van der Waals surface area contributed by atoms with Gasteiger partial charge in [0, 0.05) is 31.7 Å². The number of likely N-dealkylation sites (tertiary alicyclic amines) is 1.